The number of benzene rings is 1. The van der Waals surface area contributed by atoms with Gasteiger partial charge in [0.2, 0.25) is 0 Å². The zero-order valence-electron chi connectivity index (χ0n) is 13.0. The van der Waals surface area contributed by atoms with Crippen molar-refractivity contribution in [1.29, 1.82) is 0 Å². The molecule has 6 heteroatoms. The number of carbonyl (C=O) groups excluding carboxylic acids is 3. The van der Waals surface area contributed by atoms with E-state index in [1.165, 1.54) is 12.2 Å². The Hall–Kier alpha value is -2.47. The second-order valence-electron chi connectivity index (χ2n) is 5.94. The summed E-state index contributed by atoms with van der Waals surface area (Å²) in [6.45, 7) is 1.96. The van der Waals surface area contributed by atoms with Gasteiger partial charge in [-0.05, 0) is 57.2 Å². The molecule has 0 bridgehead atoms. The maximum atomic E-state index is 12.3. The van der Waals surface area contributed by atoms with Gasteiger partial charge in [-0.15, -0.1) is 0 Å². The summed E-state index contributed by atoms with van der Waals surface area (Å²) in [6.07, 6.45) is 4.37. The van der Waals surface area contributed by atoms with E-state index in [4.69, 9.17) is 0 Å². The van der Waals surface area contributed by atoms with Crippen molar-refractivity contribution in [2.75, 3.05) is 25.0 Å². The molecule has 1 saturated heterocycles. The van der Waals surface area contributed by atoms with Crippen LogP contribution >= 0.6 is 0 Å². The van der Waals surface area contributed by atoms with Crippen molar-refractivity contribution in [3.05, 3.63) is 42.0 Å². The third kappa shape index (κ3) is 3.32. The van der Waals surface area contributed by atoms with Crippen molar-refractivity contribution in [1.82, 2.24) is 10.2 Å². The lowest BCUT2D eigenvalue weighted by Gasteiger charge is -2.29. The van der Waals surface area contributed by atoms with Crippen LogP contribution in [0.2, 0.25) is 0 Å². The van der Waals surface area contributed by atoms with E-state index >= 15 is 0 Å². The Morgan fingerprint density at radius 3 is 2.22 bits per heavy atom. The lowest BCUT2D eigenvalue weighted by Crippen LogP contribution is -2.43. The van der Waals surface area contributed by atoms with E-state index in [-0.39, 0.29) is 25.2 Å². The first-order valence-corrected chi connectivity index (χ1v) is 7.70. The van der Waals surface area contributed by atoms with Crippen molar-refractivity contribution in [2.45, 2.75) is 18.9 Å². The minimum atomic E-state index is -0.362. The van der Waals surface area contributed by atoms with Gasteiger partial charge >= 0.3 is 0 Å². The average molecular weight is 315 g/mol. The topological polar surface area (TPSA) is 69.7 Å². The van der Waals surface area contributed by atoms with Crippen molar-refractivity contribution in [3.8, 4) is 0 Å². The van der Waals surface area contributed by atoms with Crippen LogP contribution in [0.25, 0.3) is 0 Å². The van der Waals surface area contributed by atoms with E-state index in [9.17, 15) is 14.4 Å². The maximum absolute atomic E-state index is 12.3. The van der Waals surface area contributed by atoms with Crippen LogP contribution in [0.1, 0.15) is 24.6 Å². The number of rotatable bonds is 3. The number of nitrogens with zero attached hydrogens (tertiary/aromatic N) is 2. The fraction of sp³-hybridized carbons (Fsp3) is 0.353. The van der Waals surface area contributed by atoms with Gasteiger partial charge in [0.1, 0.15) is 0 Å². The molecule has 2 aliphatic rings. The molecule has 0 saturated carbocycles. The fourth-order valence-electron chi connectivity index (χ4n) is 2.84. The average Bonchev–Trinajstić information content (AvgIpc) is 2.88. The largest absolute Gasteiger partial charge is 0.349 e. The molecule has 0 spiro atoms. The Morgan fingerprint density at radius 1 is 1.09 bits per heavy atom. The monoisotopic (exact) mass is 315 g/mol. The summed E-state index contributed by atoms with van der Waals surface area (Å²) in [5.74, 6) is -0.847. The molecular formula is C17H21N3O3. The number of carbonyl (C=O) groups is 3. The van der Waals surface area contributed by atoms with Crippen LogP contribution in [0, 0.1) is 0 Å². The predicted octanol–water partition coefficient (Wildman–Crippen LogP) is 1.19. The molecule has 2 heterocycles. The van der Waals surface area contributed by atoms with Crippen molar-refractivity contribution < 1.29 is 15.8 Å². The molecule has 3 amide bonds. The van der Waals surface area contributed by atoms with Crippen molar-refractivity contribution in [3.63, 3.8) is 0 Å². The van der Waals surface area contributed by atoms with Crippen LogP contribution in [-0.4, -0.2) is 48.8 Å². The molecule has 2 aliphatic heterocycles. The van der Waals surface area contributed by atoms with Gasteiger partial charge in [0.05, 0.1) is 5.69 Å². The van der Waals surface area contributed by atoms with Crippen LogP contribution < -0.4 is 10.2 Å². The summed E-state index contributed by atoms with van der Waals surface area (Å²) in [4.78, 5) is 38.9. The number of amides is 3. The Morgan fingerprint density at radius 2 is 1.65 bits per heavy atom. The number of piperidine rings is 1. The van der Waals surface area contributed by atoms with Gasteiger partial charge < -0.3 is 10.2 Å². The standard InChI is InChI=1S/C17H19N3O3.H2/c1-19-10-8-13(9-11-19)18-17(23)12-2-4-14(5-3-12)20-15(21)6-7-16(20)22;/h2-7,13H,8-11H2,1H3,(H,18,23);1H. The van der Waals surface area contributed by atoms with Crippen LogP contribution in [0.15, 0.2) is 36.4 Å². The Balaban J connectivity index is 0.00000208. The first-order chi connectivity index (χ1) is 11.0. The fourth-order valence-corrected chi connectivity index (χ4v) is 2.84. The normalized spacial score (nSPS) is 19.4. The molecule has 0 aromatic heterocycles. The van der Waals surface area contributed by atoms with Crippen LogP contribution in [0.4, 0.5) is 5.69 Å². The maximum Gasteiger partial charge on any atom is 0.258 e. The number of imide groups is 1. The van der Waals surface area contributed by atoms with Gasteiger partial charge in [0, 0.05) is 25.2 Å². The van der Waals surface area contributed by atoms with Crippen LogP contribution in [0.5, 0.6) is 0 Å². The van der Waals surface area contributed by atoms with E-state index in [2.05, 4.69) is 17.3 Å². The number of likely N-dealkylation sites (tertiary alicyclic amines) is 1. The zero-order valence-corrected chi connectivity index (χ0v) is 13.0. The van der Waals surface area contributed by atoms with Gasteiger partial charge in [0.25, 0.3) is 17.7 Å². The molecule has 122 valence electrons. The highest BCUT2D eigenvalue weighted by Crippen LogP contribution is 2.19. The SMILES string of the molecule is CN1CCC(NC(=O)c2ccc(N3C(=O)C=CC3=O)cc2)CC1.[HH]. The summed E-state index contributed by atoms with van der Waals surface area (Å²) < 4.78 is 0. The molecule has 3 rings (SSSR count). The first-order valence-electron chi connectivity index (χ1n) is 7.70. The minimum Gasteiger partial charge on any atom is -0.349 e. The molecule has 1 N–H and O–H groups in total. The van der Waals surface area contributed by atoms with Crippen molar-refractivity contribution in [2.24, 2.45) is 0 Å². The van der Waals surface area contributed by atoms with Crippen molar-refractivity contribution >= 4 is 23.4 Å². The number of hydrogen-bond donors (Lipinski definition) is 1. The Bertz CT molecular complexity index is 646. The highest BCUT2D eigenvalue weighted by molar-refractivity contribution is 6.28. The Kier molecular flexibility index (Phi) is 4.25. The summed E-state index contributed by atoms with van der Waals surface area (Å²) in [7, 11) is 2.08. The summed E-state index contributed by atoms with van der Waals surface area (Å²) >= 11 is 0. The molecule has 0 atom stereocenters. The van der Waals surface area contributed by atoms with E-state index in [0.29, 0.717) is 11.3 Å². The molecular weight excluding hydrogens is 294 g/mol. The van der Waals surface area contributed by atoms with Gasteiger partial charge in [-0.1, -0.05) is 0 Å². The van der Waals surface area contributed by atoms with Gasteiger partial charge in [-0.2, -0.15) is 0 Å². The van der Waals surface area contributed by atoms with E-state index in [0.717, 1.165) is 30.8 Å². The summed E-state index contributed by atoms with van der Waals surface area (Å²) in [6, 6.07) is 6.71. The minimum absolute atomic E-state index is 0. The zero-order chi connectivity index (χ0) is 16.4. The van der Waals surface area contributed by atoms with E-state index in [1.807, 2.05) is 0 Å². The van der Waals surface area contributed by atoms with E-state index in [1.54, 1.807) is 24.3 Å². The summed E-state index contributed by atoms with van der Waals surface area (Å²) in [5, 5.41) is 3.04. The molecule has 6 nitrogen and oxygen atoms in total. The molecule has 23 heavy (non-hydrogen) atoms. The van der Waals surface area contributed by atoms with Crippen LogP contribution in [-0.2, 0) is 9.59 Å². The second-order valence-corrected chi connectivity index (χ2v) is 5.94. The second kappa shape index (κ2) is 6.34. The molecule has 1 fully saturated rings. The smallest absolute Gasteiger partial charge is 0.258 e. The lowest BCUT2D eigenvalue weighted by molar-refractivity contribution is -0.119. The third-order valence-electron chi connectivity index (χ3n) is 4.25. The molecule has 1 aromatic rings. The lowest BCUT2D eigenvalue weighted by atomic mass is 10.0. The highest BCUT2D eigenvalue weighted by atomic mass is 16.2. The molecule has 0 unspecified atom stereocenters. The molecule has 0 aliphatic carbocycles. The quantitative estimate of drug-likeness (QED) is 0.851. The highest BCUT2D eigenvalue weighted by Gasteiger charge is 2.25. The first kappa shape index (κ1) is 15.4. The summed E-state index contributed by atoms with van der Waals surface area (Å²) in [5.41, 5.74) is 1.00. The van der Waals surface area contributed by atoms with E-state index < -0.39 is 0 Å². The number of hydrogen-bond acceptors (Lipinski definition) is 4. The van der Waals surface area contributed by atoms with Gasteiger partial charge in [0.15, 0.2) is 0 Å². The van der Waals surface area contributed by atoms with Gasteiger partial charge in [-0.3, -0.25) is 14.4 Å². The van der Waals surface area contributed by atoms with Gasteiger partial charge in [-0.25, -0.2) is 4.90 Å². The number of nitrogens with one attached hydrogen (secondary N) is 1. The molecule has 1 aromatic carbocycles. The number of anilines is 1. The Labute approximate surface area is 136 Å². The predicted molar refractivity (Wildman–Crippen MR) is 88.2 cm³/mol. The van der Waals surface area contributed by atoms with Crippen LogP contribution in [0.3, 0.4) is 0 Å². The molecule has 0 radical (unpaired) electrons. The third-order valence-corrected chi connectivity index (χ3v) is 4.25.